The van der Waals surface area contributed by atoms with Gasteiger partial charge >= 0.3 is 18.0 Å². The third kappa shape index (κ3) is 4.15. The molecule has 0 saturated carbocycles. The lowest BCUT2D eigenvalue weighted by atomic mass is 10.1. The van der Waals surface area contributed by atoms with Gasteiger partial charge in [-0.05, 0) is 54.0 Å². The average molecular weight is 339 g/mol. The molecule has 0 fully saturated rings. The topological polar surface area (TPSA) is 83.8 Å². The first-order valence-electron chi connectivity index (χ1n) is 7.84. The summed E-state index contributed by atoms with van der Waals surface area (Å²) in [5.74, 6) is -1.29. The Labute approximate surface area is 141 Å². The molecule has 0 radical (unpaired) electrons. The molecule has 0 N–H and O–H groups in total. The van der Waals surface area contributed by atoms with Gasteiger partial charge in [0.2, 0.25) is 0 Å². The zero-order chi connectivity index (χ0) is 18.7. The van der Waals surface area contributed by atoms with Crippen LogP contribution in [0.25, 0.3) is 0 Å². The van der Waals surface area contributed by atoms with Gasteiger partial charge in [-0.15, -0.1) is 0 Å². The molecule has 0 aliphatic carbocycles. The van der Waals surface area contributed by atoms with Gasteiger partial charge in [-0.1, -0.05) is 0 Å². The molecule has 134 valence electrons. The smallest absolute Gasteiger partial charge is 0.419 e. The quantitative estimate of drug-likeness (QED) is 0.618. The number of esters is 2. The summed E-state index contributed by atoms with van der Waals surface area (Å²) in [5, 5.41) is 0. The lowest BCUT2D eigenvalue weighted by Crippen LogP contribution is -2.30. The van der Waals surface area contributed by atoms with Crippen molar-refractivity contribution in [3.8, 4) is 0 Å². The van der Waals surface area contributed by atoms with Crippen LogP contribution in [-0.2, 0) is 14.2 Å². The van der Waals surface area contributed by atoms with Gasteiger partial charge in [-0.25, -0.2) is 19.0 Å². The molecule has 1 heterocycles. The Kier molecular flexibility index (Phi) is 6.17. The summed E-state index contributed by atoms with van der Waals surface area (Å²) < 4.78 is 16.5. The lowest BCUT2D eigenvalue weighted by molar-refractivity contribution is 0.0445. The molecule has 0 unspecified atom stereocenters. The van der Waals surface area contributed by atoms with Crippen LogP contribution in [0.4, 0.5) is 4.79 Å². The van der Waals surface area contributed by atoms with Gasteiger partial charge in [-0.2, -0.15) is 0 Å². The number of hydrogen-bond donors (Lipinski definition) is 0. The molecule has 1 aromatic heterocycles. The first-order chi connectivity index (χ1) is 11.0. The molecule has 0 aliphatic heterocycles. The van der Waals surface area contributed by atoms with E-state index < -0.39 is 23.6 Å². The highest BCUT2D eigenvalue weighted by Gasteiger charge is 2.32. The molecule has 0 aromatic carbocycles. The van der Waals surface area contributed by atoms with E-state index in [9.17, 15) is 14.4 Å². The minimum absolute atomic E-state index is 0.0216. The molecule has 0 amide bonds. The van der Waals surface area contributed by atoms with Crippen molar-refractivity contribution in [1.29, 1.82) is 0 Å². The van der Waals surface area contributed by atoms with E-state index in [2.05, 4.69) is 0 Å². The summed E-state index contributed by atoms with van der Waals surface area (Å²) in [6.45, 7) is 12.0. The van der Waals surface area contributed by atoms with Crippen LogP contribution in [0.2, 0.25) is 0 Å². The summed E-state index contributed by atoms with van der Waals surface area (Å²) in [5.41, 5.74) is 0.00786. The summed E-state index contributed by atoms with van der Waals surface area (Å²) in [4.78, 5) is 37.0. The van der Waals surface area contributed by atoms with Gasteiger partial charge in [0.25, 0.3) is 0 Å². The number of nitrogens with zero attached hydrogens (tertiary/aromatic N) is 1. The summed E-state index contributed by atoms with van der Waals surface area (Å²) in [7, 11) is 0. The molecule has 7 heteroatoms. The molecule has 0 atom stereocenters. The largest absolute Gasteiger partial charge is 0.462 e. The predicted molar refractivity (Wildman–Crippen MR) is 87.5 cm³/mol. The van der Waals surface area contributed by atoms with E-state index in [0.717, 1.165) is 4.57 Å². The molecule has 1 rings (SSSR count). The fraction of sp³-hybridized carbons (Fsp3) is 0.588. The van der Waals surface area contributed by atoms with Crippen molar-refractivity contribution in [3.05, 3.63) is 22.5 Å². The van der Waals surface area contributed by atoms with Crippen molar-refractivity contribution in [2.24, 2.45) is 0 Å². The number of rotatable bonds is 4. The van der Waals surface area contributed by atoms with Crippen molar-refractivity contribution in [2.75, 3.05) is 13.2 Å². The fourth-order valence-corrected chi connectivity index (χ4v) is 2.32. The molecule has 7 nitrogen and oxygen atoms in total. The monoisotopic (exact) mass is 339 g/mol. The Hall–Kier alpha value is -2.31. The Morgan fingerprint density at radius 2 is 1.46 bits per heavy atom. The van der Waals surface area contributed by atoms with Crippen LogP contribution in [0.3, 0.4) is 0 Å². The zero-order valence-electron chi connectivity index (χ0n) is 15.3. The van der Waals surface area contributed by atoms with E-state index in [1.165, 1.54) is 0 Å². The highest BCUT2D eigenvalue weighted by atomic mass is 16.6. The van der Waals surface area contributed by atoms with Crippen LogP contribution in [0.15, 0.2) is 0 Å². The highest BCUT2D eigenvalue weighted by Crippen LogP contribution is 2.25. The van der Waals surface area contributed by atoms with E-state index in [4.69, 9.17) is 14.2 Å². The van der Waals surface area contributed by atoms with Gasteiger partial charge in [-0.3, -0.25) is 0 Å². The Bertz CT molecular complexity index is 651. The van der Waals surface area contributed by atoms with Gasteiger partial charge in [0.1, 0.15) is 11.3 Å². The van der Waals surface area contributed by atoms with E-state index in [0.29, 0.717) is 5.56 Å². The van der Waals surface area contributed by atoms with Crippen LogP contribution in [0.1, 0.15) is 66.7 Å². The lowest BCUT2D eigenvalue weighted by Gasteiger charge is -2.21. The number of carbonyl (C=O) groups excluding carboxylic acids is 3. The van der Waals surface area contributed by atoms with Crippen molar-refractivity contribution in [3.63, 3.8) is 0 Å². The normalized spacial score (nSPS) is 11.1. The first kappa shape index (κ1) is 19.7. The number of carbonyl (C=O) groups is 3. The maximum absolute atomic E-state index is 12.5. The van der Waals surface area contributed by atoms with Crippen molar-refractivity contribution >= 4 is 18.0 Å². The van der Waals surface area contributed by atoms with Crippen molar-refractivity contribution in [2.45, 2.75) is 54.1 Å². The second-order valence-corrected chi connectivity index (χ2v) is 6.19. The molecule has 0 aliphatic rings. The summed E-state index contributed by atoms with van der Waals surface area (Å²) in [6, 6.07) is 0. The number of aromatic nitrogens is 1. The van der Waals surface area contributed by atoms with Crippen LogP contribution >= 0.6 is 0 Å². The Morgan fingerprint density at radius 1 is 0.958 bits per heavy atom. The summed E-state index contributed by atoms with van der Waals surface area (Å²) >= 11 is 0. The Morgan fingerprint density at radius 3 is 1.92 bits per heavy atom. The van der Waals surface area contributed by atoms with Gasteiger partial charge in [0, 0.05) is 5.69 Å². The van der Waals surface area contributed by atoms with Crippen LogP contribution in [0, 0.1) is 13.8 Å². The average Bonchev–Trinajstić information content (AvgIpc) is 2.68. The fourth-order valence-electron chi connectivity index (χ4n) is 2.32. The third-order valence-electron chi connectivity index (χ3n) is 3.18. The second-order valence-electron chi connectivity index (χ2n) is 6.19. The van der Waals surface area contributed by atoms with Gasteiger partial charge in [0.15, 0.2) is 0 Å². The third-order valence-corrected chi connectivity index (χ3v) is 3.18. The zero-order valence-corrected chi connectivity index (χ0v) is 15.3. The molecule has 1 aromatic rings. The molecule has 0 spiro atoms. The Balaban J connectivity index is 3.54. The van der Waals surface area contributed by atoms with Crippen molar-refractivity contribution in [1.82, 2.24) is 4.57 Å². The van der Waals surface area contributed by atoms with Crippen LogP contribution in [0.5, 0.6) is 0 Å². The SMILES string of the molecule is CCOC(=O)c1c(C)c(C(=O)OCC)n(C(=O)OC(C)(C)C)c1C. The molecule has 0 saturated heterocycles. The van der Waals surface area contributed by atoms with E-state index in [1.54, 1.807) is 48.5 Å². The van der Waals surface area contributed by atoms with E-state index in [-0.39, 0.29) is 30.2 Å². The summed E-state index contributed by atoms with van der Waals surface area (Å²) in [6.07, 6.45) is -0.748. The number of ether oxygens (including phenoxy) is 3. The standard InChI is InChI=1S/C17H25NO6/c1-8-22-14(19)12-10(3)13(15(20)23-9-2)18(11(12)4)16(21)24-17(5,6)7/h8-9H2,1-7H3. The molecule has 0 bridgehead atoms. The minimum atomic E-state index is -0.752. The maximum atomic E-state index is 12.5. The van der Waals surface area contributed by atoms with E-state index >= 15 is 0 Å². The minimum Gasteiger partial charge on any atom is -0.462 e. The van der Waals surface area contributed by atoms with Crippen LogP contribution in [-0.4, -0.2) is 41.4 Å². The molecule has 24 heavy (non-hydrogen) atoms. The van der Waals surface area contributed by atoms with Gasteiger partial charge < -0.3 is 14.2 Å². The van der Waals surface area contributed by atoms with Crippen LogP contribution < -0.4 is 0 Å². The second kappa shape index (κ2) is 7.51. The van der Waals surface area contributed by atoms with E-state index in [1.807, 2.05) is 0 Å². The van der Waals surface area contributed by atoms with Gasteiger partial charge in [0.05, 0.1) is 18.8 Å². The molecular formula is C17H25NO6. The first-order valence-corrected chi connectivity index (χ1v) is 7.84. The highest BCUT2D eigenvalue weighted by molar-refractivity contribution is 6.01. The number of hydrogen-bond acceptors (Lipinski definition) is 6. The molecular weight excluding hydrogens is 314 g/mol. The predicted octanol–water partition coefficient (Wildman–Crippen LogP) is 3.24. The maximum Gasteiger partial charge on any atom is 0.419 e. The van der Waals surface area contributed by atoms with Crippen molar-refractivity contribution < 1.29 is 28.6 Å².